The second-order valence-corrected chi connectivity index (χ2v) is 3.93. The summed E-state index contributed by atoms with van der Waals surface area (Å²) < 4.78 is 5.41. The molecule has 0 saturated heterocycles. The molecule has 1 aromatic carbocycles. The van der Waals surface area contributed by atoms with E-state index in [1.54, 1.807) is 12.1 Å². The first-order valence-electron chi connectivity index (χ1n) is 5.59. The number of amides is 1. The first kappa shape index (κ1) is 14.0. The summed E-state index contributed by atoms with van der Waals surface area (Å²) in [6.07, 6.45) is -0.0932. The molecule has 0 aliphatic heterocycles. The van der Waals surface area contributed by atoms with E-state index in [2.05, 4.69) is 11.4 Å². The Labute approximate surface area is 106 Å². The lowest BCUT2D eigenvalue weighted by Gasteiger charge is -2.11. The van der Waals surface area contributed by atoms with Gasteiger partial charge in [0.15, 0.2) is 6.61 Å². The number of carbonyl (C=O) groups excluding carboxylic acids is 1. The molecule has 0 heterocycles. The van der Waals surface area contributed by atoms with Crippen LogP contribution in [0.2, 0.25) is 0 Å². The zero-order valence-corrected chi connectivity index (χ0v) is 10.4. The molecule has 0 aliphatic rings. The fourth-order valence-electron chi connectivity index (χ4n) is 1.46. The SMILES string of the molecule is Cc1c[c]cc(C)c1OCC(=O)NCCC(=O)O. The minimum atomic E-state index is -0.943. The van der Waals surface area contributed by atoms with Crippen LogP contribution in [0.3, 0.4) is 0 Å². The lowest BCUT2D eigenvalue weighted by atomic mass is 10.1. The molecule has 1 radical (unpaired) electrons. The van der Waals surface area contributed by atoms with Gasteiger partial charge in [-0.2, -0.15) is 0 Å². The predicted molar refractivity (Wildman–Crippen MR) is 65.5 cm³/mol. The van der Waals surface area contributed by atoms with E-state index in [9.17, 15) is 9.59 Å². The highest BCUT2D eigenvalue weighted by atomic mass is 16.5. The highest BCUT2D eigenvalue weighted by Crippen LogP contribution is 2.21. The van der Waals surface area contributed by atoms with E-state index >= 15 is 0 Å². The van der Waals surface area contributed by atoms with Crippen LogP contribution < -0.4 is 10.1 Å². The van der Waals surface area contributed by atoms with Gasteiger partial charge in [0.05, 0.1) is 6.42 Å². The lowest BCUT2D eigenvalue weighted by Crippen LogP contribution is -2.30. The zero-order valence-electron chi connectivity index (χ0n) is 10.4. The highest BCUT2D eigenvalue weighted by molar-refractivity contribution is 5.78. The predicted octanol–water partition coefficient (Wildman–Crippen LogP) is 1.07. The van der Waals surface area contributed by atoms with Crippen molar-refractivity contribution in [3.05, 3.63) is 29.3 Å². The number of rotatable bonds is 6. The van der Waals surface area contributed by atoms with Gasteiger partial charge in [-0.3, -0.25) is 9.59 Å². The van der Waals surface area contributed by atoms with E-state index in [4.69, 9.17) is 9.84 Å². The van der Waals surface area contributed by atoms with Crippen LogP contribution in [-0.4, -0.2) is 30.1 Å². The quantitative estimate of drug-likeness (QED) is 0.792. The Kier molecular flexibility index (Phi) is 5.17. The first-order valence-corrected chi connectivity index (χ1v) is 5.59. The highest BCUT2D eigenvalue weighted by Gasteiger charge is 2.07. The number of carboxylic acid groups (broad SMARTS) is 1. The van der Waals surface area contributed by atoms with Crippen molar-refractivity contribution >= 4 is 11.9 Å². The van der Waals surface area contributed by atoms with Crippen molar-refractivity contribution in [3.63, 3.8) is 0 Å². The molecule has 1 amide bonds. The monoisotopic (exact) mass is 250 g/mol. The molecule has 2 N–H and O–H groups in total. The van der Waals surface area contributed by atoms with Crippen LogP contribution >= 0.6 is 0 Å². The van der Waals surface area contributed by atoms with Crippen LogP contribution in [0.25, 0.3) is 0 Å². The van der Waals surface area contributed by atoms with Gasteiger partial charge in [-0.05, 0) is 43.2 Å². The van der Waals surface area contributed by atoms with Gasteiger partial charge in [-0.25, -0.2) is 0 Å². The van der Waals surface area contributed by atoms with E-state index in [0.29, 0.717) is 5.75 Å². The van der Waals surface area contributed by atoms with Crippen LogP contribution in [0.4, 0.5) is 0 Å². The number of hydrogen-bond acceptors (Lipinski definition) is 3. The molecule has 5 heteroatoms. The van der Waals surface area contributed by atoms with Crippen LogP contribution in [0.15, 0.2) is 12.1 Å². The molecule has 0 spiro atoms. The fourth-order valence-corrected chi connectivity index (χ4v) is 1.46. The molecular weight excluding hydrogens is 234 g/mol. The van der Waals surface area contributed by atoms with Crippen LogP contribution in [0, 0.1) is 19.9 Å². The standard InChI is InChI=1S/C13H16NO4/c1-9-4-3-5-10(2)13(9)18-8-11(15)14-7-6-12(16)17/h4-5H,6-8H2,1-2H3,(H,14,15)(H,16,17). The topological polar surface area (TPSA) is 75.6 Å². The van der Waals surface area contributed by atoms with Gasteiger partial charge >= 0.3 is 5.97 Å². The van der Waals surface area contributed by atoms with E-state index in [1.165, 1.54) is 0 Å². The Morgan fingerprint density at radius 1 is 1.33 bits per heavy atom. The summed E-state index contributed by atoms with van der Waals surface area (Å²) in [7, 11) is 0. The number of ether oxygens (including phenoxy) is 1. The summed E-state index contributed by atoms with van der Waals surface area (Å²) in [6.45, 7) is 3.74. The van der Waals surface area contributed by atoms with Crippen molar-refractivity contribution < 1.29 is 19.4 Å². The third-order valence-electron chi connectivity index (χ3n) is 2.32. The number of benzene rings is 1. The number of carboxylic acids is 1. The van der Waals surface area contributed by atoms with Gasteiger partial charge in [0.25, 0.3) is 5.91 Å². The molecule has 0 atom stereocenters. The Balaban J connectivity index is 2.40. The third kappa shape index (κ3) is 4.45. The largest absolute Gasteiger partial charge is 0.483 e. The molecule has 0 saturated carbocycles. The molecule has 1 aromatic rings. The van der Waals surface area contributed by atoms with E-state index in [0.717, 1.165) is 11.1 Å². The summed E-state index contributed by atoms with van der Waals surface area (Å²) in [4.78, 5) is 21.6. The van der Waals surface area contributed by atoms with Crippen molar-refractivity contribution in [3.8, 4) is 5.75 Å². The molecule has 1 rings (SSSR count). The van der Waals surface area contributed by atoms with Crippen LogP contribution in [0.5, 0.6) is 5.75 Å². The summed E-state index contributed by atoms with van der Waals surface area (Å²) in [6, 6.07) is 6.52. The maximum atomic E-state index is 11.4. The summed E-state index contributed by atoms with van der Waals surface area (Å²) in [5, 5.41) is 10.9. The molecular formula is C13H16NO4. The van der Waals surface area contributed by atoms with Gasteiger partial charge in [0, 0.05) is 6.54 Å². The van der Waals surface area contributed by atoms with E-state index in [1.807, 2.05) is 13.8 Å². The Morgan fingerprint density at radius 3 is 2.50 bits per heavy atom. The van der Waals surface area contributed by atoms with Crippen LogP contribution in [0.1, 0.15) is 17.5 Å². The normalized spacial score (nSPS) is 9.89. The van der Waals surface area contributed by atoms with Crippen LogP contribution in [-0.2, 0) is 9.59 Å². The fraction of sp³-hybridized carbons (Fsp3) is 0.385. The maximum absolute atomic E-state index is 11.4. The Morgan fingerprint density at radius 2 is 1.94 bits per heavy atom. The second kappa shape index (κ2) is 6.64. The van der Waals surface area contributed by atoms with Gasteiger partial charge < -0.3 is 15.2 Å². The van der Waals surface area contributed by atoms with Crippen molar-refractivity contribution in [1.82, 2.24) is 5.32 Å². The van der Waals surface area contributed by atoms with Gasteiger partial charge in [0.2, 0.25) is 0 Å². The van der Waals surface area contributed by atoms with Crippen molar-refractivity contribution in [2.75, 3.05) is 13.2 Å². The smallest absolute Gasteiger partial charge is 0.305 e. The summed E-state index contributed by atoms with van der Waals surface area (Å²) >= 11 is 0. The van der Waals surface area contributed by atoms with Gasteiger partial charge in [0.1, 0.15) is 5.75 Å². The van der Waals surface area contributed by atoms with E-state index < -0.39 is 5.97 Å². The zero-order chi connectivity index (χ0) is 13.5. The Hall–Kier alpha value is -2.04. The molecule has 97 valence electrons. The number of carbonyl (C=O) groups is 2. The molecule has 18 heavy (non-hydrogen) atoms. The first-order chi connectivity index (χ1) is 8.50. The molecule has 0 bridgehead atoms. The average Bonchev–Trinajstić information content (AvgIpc) is 2.27. The molecule has 0 unspecified atom stereocenters. The van der Waals surface area contributed by atoms with E-state index in [-0.39, 0.29) is 25.5 Å². The molecule has 0 fully saturated rings. The van der Waals surface area contributed by atoms with Crippen molar-refractivity contribution in [2.24, 2.45) is 0 Å². The van der Waals surface area contributed by atoms with Gasteiger partial charge in [-0.1, -0.05) is 0 Å². The molecule has 5 nitrogen and oxygen atoms in total. The van der Waals surface area contributed by atoms with Crippen molar-refractivity contribution in [1.29, 1.82) is 0 Å². The van der Waals surface area contributed by atoms with Crippen molar-refractivity contribution in [2.45, 2.75) is 20.3 Å². The molecule has 0 aliphatic carbocycles. The summed E-state index contributed by atoms with van der Waals surface area (Å²) in [5.41, 5.74) is 1.82. The number of hydrogen-bond donors (Lipinski definition) is 2. The van der Waals surface area contributed by atoms with Gasteiger partial charge in [-0.15, -0.1) is 0 Å². The molecule has 0 aromatic heterocycles. The minimum absolute atomic E-state index is 0.0932. The minimum Gasteiger partial charge on any atom is -0.483 e. The lowest BCUT2D eigenvalue weighted by molar-refractivity contribution is -0.137. The average molecular weight is 250 g/mol. The maximum Gasteiger partial charge on any atom is 0.305 e. The Bertz CT molecular complexity index is 422. The number of nitrogens with one attached hydrogen (secondary N) is 1. The number of aliphatic carboxylic acids is 1. The summed E-state index contributed by atoms with van der Waals surface area (Å²) in [5.74, 6) is -0.605. The third-order valence-corrected chi connectivity index (χ3v) is 2.32. The number of aryl methyl sites for hydroxylation is 2. The second-order valence-electron chi connectivity index (χ2n) is 3.93.